The lowest BCUT2D eigenvalue weighted by Crippen LogP contribution is -2.36. The number of carboxylic acids is 1. The van der Waals surface area contributed by atoms with Gasteiger partial charge in [-0.15, -0.1) is 0 Å². The molecule has 1 heterocycles. The summed E-state index contributed by atoms with van der Waals surface area (Å²) in [7, 11) is 1.68. The first kappa shape index (κ1) is 14.5. The van der Waals surface area contributed by atoms with Crippen molar-refractivity contribution < 1.29 is 14.7 Å². The Hall–Kier alpha value is -1.91. The van der Waals surface area contributed by atoms with Crippen LogP contribution < -0.4 is 4.90 Å². The van der Waals surface area contributed by atoms with Crippen LogP contribution in [0.3, 0.4) is 0 Å². The van der Waals surface area contributed by atoms with Crippen LogP contribution in [0.15, 0.2) is 24.5 Å². The molecule has 108 valence electrons. The monoisotopic (exact) mass is 276 g/mol. The van der Waals surface area contributed by atoms with Gasteiger partial charge in [0.2, 0.25) is 5.91 Å². The maximum Gasteiger partial charge on any atom is 0.307 e. The molecule has 0 aliphatic heterocycles. The summed E-state index contributed by atoms with van der Waals surface area (Å²) in [4.78, 5) is 29.4. The molecule has 2 rings (SSSR count). The summed E-state index contributed by atoms with van der Waals surface area (Å²) < 4.78 is 0. The number of pyridine rings is 1. The van der Waals surface area contributed by atoms with E-state index in [0.29, 0.717) is 24.4 Å². The first-order chi connectivity index (χ1) is 9.54. The molecule has 5 heteroatoms. The molecule has 0 radical (unpaired) electrons. The number of carbonyl (C=O) groups is 2. The van der Waals surface area contributed by atoms with Crippen molar-refractivity contribution in [2.45, 2.75) is 26.2 Å². The molecule has 1 fully saturated rings. The highest BCUT2D eigenvalue weighted by molar-refractivity contribution is 5.97. The molecule has 0 saturated heterocycles. The fourth-order valence-electron chi connectivity index (χ4n) is 2.95. The van der Waals surface area contributed by atoms with Gasteiger partial charge in [-0.25, -0.2) is 0 Å². The fraction of sp³-hybridized carbons (Fsp3) is 0.533. The van der Waals surface area contributed by atoms with E-state index in [1.165, 1.54) is 4.90 Å². The number of aliphatic carboxylic acids is 1. The Kier molecular flexibility index (Phi) is 4.37. The summed E-state index contributed by atoms with van der Waals surface area (Å²) in [6, 6.07) is 3.56. The Bertz CT molecular complexity index is 489. The second-order valence-electron chi connectivity index (χ2n) is 5.41. The second-order valence-corrected chi connectivity index (χ2v) is 5.41. The van der Waals surface area contributed by atoms with E-state index in [-0.39, 0.29) is 5.91 Å². The average molecular weight is 276 g/mol. The lowest BCUT2D eigenvalue weighted by molar-refractivity contribution is -0.145. The summed E-state index contributed by atoms with van der Waals surface area (Å²) >= 11 is 0. The molecule has 1 aromatic heterocycles. The Labute approximate surface area is 118 Å². The van der Waals surface area contributed by atoms with Gasteiger partial charge in [0.15, 0.2) is 0 Å². The van der Waals surface area contributed by atoms with E-state index >= 15 is 0 Å². The molecule has 1 N–H and O–H groups in total. The molecule has 3 atom stereocenters. The predicted octanol–water partition coefficient (Wildman–Crippen LogP) is 2.18. The van der Waals surface area contributed by atoms with E-state index in [9.17, 15) is 14.7 Å². The van der Waals surface area contributed by atoms with Crippen LogP contribution in [0.1, 0.15) is 26.2 Å². The van der Waals surface area contributed by atoms with Crippen molar-refractivity contribution >= 4 is 17.6 Å². The third-order valence-corrected chi connectivity index (χ3v) is 4.24. The summed E-state index contributed by atoms with van der Waals surface area (Å²) in [6.45, 7) is 2.04. The lowest BCUT2D eigenvalue weighted by Gasteiger charge is -2.23. The molecule has 3 unspecified atom stereocenters. The molecular weight excluding hydrogens is 256 g/mol. The molecule has 0 bridgehead atoms. The summed E-state index contributed by atoms with van der Waals surface area (Å²) in [6.07, 6.45) is 5.44. The predicted molar refractivity (Wildman–Crippen MR) is 75.3 cm³/mol. The van der Waals surface area contributed by atoms with Crippen molar-refractivity contribution in [3.05, 3.63) is 24.5 Å². The van der Waals surface area contributed by atoms with Crippen LogP contribution >= 0.6 is 0 Å². The summed E-state index contributed by atoms with van der Waals surface area (Å²) in [5.74, 6) is -1.65. The number of aromatic nitrogens is 1. The van der Waals surface area contributed by atoms with Crippen molar-refractivity contribution in [3.63, 3.8) is 0 Å². The van der Waals surface area contributed by atoms with E-state index in [1.54, 1.807) is 31.6 Å². The minimum absolute atomic E-state index is 0.124. The van der Waals surface area contributed by atoms with Gasteiger partial charge in [0.05, 0.1) is 23.7 Å². The molecule has 1 aliphatic carbocycles. The molecule has 0 aromatic carbocycles. The van der Waals surface area contributed by atoms with Crippen molar-refractivity contribution in [1.29, 1.82) is 0 Å². The van der Waals surface area contributed by atoms with Gasteiger partial charge >= 0.3 is 5.97 Å². The Morgan fingerprint density at radius 2 is 2.10 bits per heavy atom. The van der Waals surface area contributed by atoms with Crippen molar-refractivity contribution in [2.24, 2.45) is 17.8 Å². The van der Waals surface area contributed by atoms with Gasteiger partial charge in [0.1, 0.15) is 0 Å². The maximum absolute atomic E-state index is 12.6. The van der Waals surface area contributed by atoms with Crippen LogP contribution in [0.25, 0.3) is 0 Å². The SMILES string of the molecule is CCC1CC(C(=O)O)C(C(=O)N(C)c2cccnc2)C1. The quantitative estimate of drug-likeness (QED) is 0.915. The molecule has 1 aliphatic rings. The van der Waals surface area contributed by atoms with Crippen molar-refractivity contribution in [1.82, 2.24) is 4.98 Å². The standard InChI is InChI=1S/C15H20N2O3/c1-3-10-7-12(13(8-10)15(19)20)14(18)17(2)11-5-4-6-16-9-11/h4-6,9-10,12-13H,3,7-8H2,1-2H3,(H,19,20). The van der Waals surface area contributed by atoms with E-state index in [1.807, 2.05) is 6.92 Å². The van der Waals surface area contributed by atoms with Gasteiger partial charge in [0.25, 0.3) is 0 Å². The Morgan fingerprint density at radius 1 is 1.40 bits per heavy atom. The zero-order valence-electron chi connectivity index (χ0n) is 11.8. The molecule has 20 heavy (non-hydrogen) atoms. The number of anilines is 1. The maximum atomic E-state index is 12.6. The number of carboxylic acid groups (broad SMARTS) is 1. The zero-order valence-corrected chi connectivity index (χ0v) is 11.8. The van der Waals surface area contributed by atoms with Gasteiger partial charge in [-0.3, -0.25) is 14.6 Å². The number of hydrogen-bond donors (Lipinski definition) is 1. The van der Waals surface area contributed by atoms with Crippen LogP contribution in [0.2, 0.25) is 0 Å². The van der Waals surface area contributed by atoms with Crippen LogP contribution in [0.5, 0.6) is 0 Å². The van der Waals surface area contributed by atoms with Crippen LogP contribution in [-0.2, 0) is 9.59 Å². The summed E-state index contributed by atoms with van der Waals surface area (Å²) in [5, 5.41) is 9.32. The van der Waals surface area contributed by atoms with Gasteiger partial charge in [-0.05, 0) is 30.9 Å². The zero-order chi connectivity index (χ0) is 14.7. The van der Waals surface area contributed by atoms with Gasteiger partial charge in [-0.2, -0.15) is 0 Å². The van der Waals surface area contributed by atoms with Crippen molar-refractivity contribution in [3.8, 4) is 0 Å². The highest BCUT2D eigenvalue weighted by Crippen LogP contribution is 2.39. The number of rotatable bonds is 4. The normalized spacial score (nSPS) is 25.4. The second kappa shape index (κ2) is 6.03. The molecule has 5 nitrogen and oxygen atoms in total. The number of carbonyl (C=O) groups excluding carboxylic acids is 1. The molecule has 1 aromatic rings. The lowest BCUT2D eigenvalue weighted by atomic mass is 9.95. The van der Waals surface area contributed by atoms with Gasteiger partial charge in [-0.1, -0.05) is 13.3 Å². The fourth-order valence-corrected chi connectivity index (χ4v) is 2.95. The topological polar surface area (TPSA) is 70.5 Å². The van der Waals surface area contributed by atoms with E-state index in [2.05, 4.69) is 4.98 Å². The third kappa shape index (κ3) is 2.81. The minimum atomic E-state index is -0.862. The molecule has 1 saturated carbocycles. The number of hydrogen-bond acceptors (Lipinski definition) is 3. The van der Waals surface area contributed by atoms with E-state index in [0.717, 1.165) is 6.42 Å². The minimum Gasteiger partial charge on any atom is -0.481 e. The van der Waals surface area contributed by atoms with E-state index in [4.69, 9.17) is 0 Å². The van der Waals surface area contributed by atoms with Crippen LogP contribution in [0, 0.1) is 17.8 Å². The average Bonchev–Trinajstić information content (AvgIpc) is 2.91. The molecule has 1 amide bonds. The van der Waals surface area contributed by atoms with Gasteiger partial charge in [0, 0.05) is 13.2 Å². The Morgan fingerprint density at radius 3 is 2.65 bits per heavy atom. The number of nitrogens with zero attached hydrogens (tertiary/aromatic N) is 2. The van der Waals surface area contributed by atoms with Crippen molar-refractivity contribution in [2.75, 3.05) is 11.9 Å². The highest BCUT2D eigenvalue weighted by atomic mass is 16.4. The van der Waals surface area contributed by atoms with Crippen LogP contribution in [-0.4, -0.2) is 29.0 Å². The largest absolute Gasteiger partial charge is 0.481 e. The van der Waals surface area contributed by atoms with Crippen LogP contribution in [0.4, 0.5) is 5.69 Å². The number of amides is 1. The Balaban J connectivity index is 2.17. The highest BCUT2D eigenvalue weighted by Gasteiger charge is 2.43. The van der Waals surface area contributed by atoms with E-state index < -0.39 is 17.8 Å². The first-order valence-corrected chi connectivity index (χ1v) is 6.95. The first-order valence-electron chi connectivity index (χ1n) is 6.95. The molecular formula is C15H20N2O3. The summed E-state index contributed by atoms with van der Waals surface area (Å²) in [5.41, 5.74) is 0.696. The van der Waals surface area contributed by atoms with Gasteiger partial charge < -0.3 is 10.0 Å². The third-order valence-electron chi connectivity index (χ3n) is 4.24. The molecule has 0 spiro atoms. The smallest absolute Gasteiger partial charge is 0.307 e.